The molecule has 1 heterocycles. The first-order chi connectivity index (χ1) is 6.20. The van der Waals surface area contributed by atoms with Crippen LogP contribution in [0, 0.1) is 0 Å². The summed E-state index contributed by atoms with van der Waals surface area (Å²) in [5.41, 5.74) is 2.47. The molecule has 0 aromatic carbocycles. The predicted octanol–water partition coefficient (Wildman–Crippen LogP) is 2.37. The third-order valence-electron chi connectivity index (χ3n) is 2.18. The molecule has 1 aromatic heterocycles. The molecule has 0 aliphatic carbocycles. The van der Waals surface area contributed by atoms with E-state index in [1.807, 2.05) is 4.68 Å². The highest BCUT2D eigenvalue weighted by Gasteiger charge is 2.12. The van der Waals surface area contributed by atoms with Crippen molar-refractivity contribution in [2.24, 2.45) is 0 Å². The summed E-state index contributed by atoms with van der Waals surface area (Å²) in [5.74, 6) is 0.487. The standard InChI is InChI=1S/C10H19N3/c1-5-7-13-9(6-2)10(8(3)4)11-12-13/h8H,5-7H2,1-4H3. The predicted molar refractivity (Wildman–Crippen MR) is 53.8 cm³/mol. The zero-order valence-corrected chi connectivity index (χ0v) is 9.04. The molecule has 0 spiro atoms. The summed E-state index contributed by atoms with van der Waals surface area (Å²) in [7, 11) is 0. The Balaban J connectivity index is 2.96. The van der Waals surface area contributed by atoms with Gasteiger partial charge in [-0.2, -0.15) is 0 Å². The smallest absolute Gasteiger partial charge is 0.0884 e. The van der Waals surface area contributed by atoms with Crippen LogP contribution < -0.4 is 0 Å². The average Bonchev–Trinajstić information content (AvgIpc) is 2.48. The first kappa shape index (κ1) is 10.2. The number of aromatic nitrogens is 3. The van der Waals surface area contributed by atoms with Crippen molar-refractivity contribution in [1.29, 1.82) is 0 Å². The number of nitrogens with zero attached hydrogens (tertiary/aromatic N) is 3. The molecule has 0 saturated carbocycles. The normalized spacial score (nSPS) is 11.2. The van der Waals surface area contributed by atoms with Crippen LogP contribution in [0.4, 0.5) is 0 Å². The molecule has 0 bridgehead atoms. The lowest BCUT2D eigenvalue weighted by atomic mass is 10.1. The van der Waals surface area contributed by atoms with Crippen LogP contribution in [0.1, 0.15) is 51.4 Å². The molecule has 0 fully saturated rings. The number of hydrogen-bond donors (Lipinski definition) is 0. The first-order valence-electron chi connectivity index (χ1n) is 5.12. The maximum atomic E-state index is 4.22. The van der Waals surface area contributed by atoms with E-state index >= 15 is 0 Å². The molecule has 13 heavy (non-hydrogen) atoms. The van der Waals surface area contributed by atoms with Crippen LogP contribution in [0.3, 0.4) is 0 Å². The molecule has 0 aliphatic heterocycles. The van der Waals surface area contributed by atoms with Crippen LogP contribution in [0.5, 0.6) is 0 Å². The van der Waals surface area contributed by atoms with E-state index in [2.05, 4.69) is 38.0 Å². The summed E-state index contributed by atoms with van der Waals surface area (Å²) >= 11 is 0. The van der Waals surface area contributed by atoms with Gasteiger partial charge < -0.3 is 0 Å². The lowest BCUT2D eigenvalue weighted by Crippen LogP contribution is -2.05. The maximum Gasteiger partial charge on any atom is 0.0884 e. The van der Waals surface area contributed by atoms with Gasteiger partial charge >= 0.3 is 0 Å². The Labute approximate surface area is 80.1 Å². The molecule has 1 aromatic rings. The van der Waals surface area contributed by atoms with Gasteiger partial charge in [0.2, 0.25) is 0 Å². The molecule has 1 rings (SSSR count). The lowest BCUT2D eigenvalue weighted by Gasteiger charge is -2.05. The quantitative estimate of drug-likeness (QED) is 0.714. The minimum atomic E-state index is 0.487. The Morgan fingerprint density at radius 3 is 2.46 bits per heavy atom. The summed E-state index contributed by atoms with van der Waals surface area (Å²) in [6.07, 6.45) is 2.15. The number of rotatable bonds is 4. The maximum absolute atomic E-state index is 4.22. The molecular formula is C10H19N3. The van der Waals surface area contributed by atoms with Crippen molar-refractivity contribution in [3.05, 3.63) is 11.4 Å². The van der Waals surface area contributed by atoms with Gasteiger partial charge in [0.15, 0.2) is 0 Å². The van der Waals surface area contributed by atoms with E-state index in [0.717, 1.165) is 25.1 Å². The summed E-state index contributed by atoms with van der Waals surface area (Å²) in [6, 6.07) is 0. The summed E-state index contributed by atoms with van der Waals surface area (Å²) in [5, 5.41) is 8.38. The first-order valence-corrected chi connectivity index (χ1v) is 5.12. The highest BCUT2D eigenvalue weighted by atomic mass is 15.4. The van der Waals surface area contributed by atoms with Crippen LogP contribution in [0.15, 0.2) is 0 Å². The lowest BCUT2D eigenvalue weighted by molar-refractivity contribution is 0.557. The summed E-state index contributed by atoms with van der Waals surface area (Å²) in [6.45, 7) is 9.65. The van der Waals surface area contributed by atoms with Crippen molar-refractivity contribution in [1.82, 2.24) is 15.0 Å². The second-order valence-corrected chi connectivity index (χ2v) is 3.65. The average molecular weight is 181 g/mol. The number of hydrogen-bond acceptors (Lipinski definition) is 2. The highest BCUT2D eigenvalue weighted by molar-refractivity contribution is 5.13. The molecule has 0 saturated heterocycles. The van der Waals surface area contributed by atoms with Gasteiger partial charge in [-0.15, -0.1) is 5.10 Å². The molecule has 74 valence electrons. The summed E-state index contributed by atoms with van der Waals surface area (Å²) < 4.78 is 2.04. The third kappa shape index (κ3) is 2.08. The van der Waals surface area contributed by atoms with Crippen molar-refractivity contribution < 1.29 is 0 Å². The molecule has 0 amide bonds. The van der Waals surface area contributed by atoms with Crippen molar-refractivity contribution in [2.45, 2.75) is 53.0 Å². The topological polar surface area (TPSA) is 30.7 Å². The fourth-order valence-electron chi connectivity index (χ4n) is 1.55. The van der Waals surface area contributed by atoms with Gasteiger partial charge in [-0.1, -0.05) is 32.9 Å². The fourth-order valence-corrected chi connectivity index (χ4v) is 1.55. The molecule has 3 nitrogen and oxygen atoms in total. The van der Waals surface area contributed by atoms with E-state index in [1.54, 1.807) is 0 Å². The molecule has 0 atom stereocenters. The van der Waals surface area contributed by atoms with Crippen molar-refractivity contribution in [3.8, 4) is 0 Å². The van der Waals surface area contributed by atoms with Gasteiger partial charge in [-0.25, -0.2) is 4.68 Å². The van der Waals surface area contributed by atoms with E-state index in [4.69, 9.17) is 0 Å². The minimum absolute atomic E-state index is 0.487. The van der Waals surface area contributed by atoms with Gasteiger partial charge in [0.05, 0.1) is 11.4 Å². The molecule has 0 unspecified atom stereocenters. The Hall–Kier alpha value is -0.860. The van der Waals surface area contributed by atoms with E-state index in [-0.39, 0.29) is 0 Å². The monoisotopic (exact) mass is 181 g/mol. The van der Waals surface area contributed by atoms with Crippen LogP contribution in [0.2, 0.25) is 0 Å². The molecule has 0 radical (unpaired) electrons. The second-order valence-electron chi connectivity index (χ2n) is 3.65. The molecular weight excluding hydrogens is 162 g/mol. The van der Waals surface area contributed by atoms with E-state index in [0.29, 0.717) is 5.92 Å². The zero-order valence-electron chi connectivity index (χ0n) is 9.04. The SMILES string of the molecule is CCCn1nnc(C(C)C)c1CC. The second kappa shape index (κ2) is 4.40. The van der Waals surface area contributed by atoms with Gasteiger partial charge in [0.1, 0.15) is 0 Å². The summed E-state index contributed by atoms with van der Waals surface area (Å²) in [4.78, 5) is 0. The largest absolute Gasteiger partial charge is 0.249 e. The molecule has 0 N–H and O–H groups in total. The molecule has 3 heteroatoms. The Morgan fingerprint density at radius 1 is 1.31 bits per heavy atom. The fraction of sp³-hybridized carbons (Fsp3) is 0.800. The van der Waals surface area contributed by atoms with Gasteiger partial charge in [-0.3, -0.25) is 0 Å². The van der Waals surface area contributed by atoms with Gasteiger partial charge in [0.25, 0.3) is 0 Å². The van der Waals surface area contributed by atoms with E-state index < -0.39 is 0 Å². The van der Waals surface area contributed by atoms with Crippen LogP contribution in [-0.2, 0) is 13.0 Å². The molecule has 0 aliphatic rings. The van der Waals surface area contributed by atoms with Crippen LogP contribution in [0.25, 0.3) is 0 Å². The van der Waals surface area contributed by atoms with Gasteiger partial charge in [0, 0.05) is 6.54 Å². The number of aryl methyl sites for hydroxylation is 1. The van der Waals surface area contributed by atoms with Crippen LogP contribution >= 0.6 is 0 Å². The van der Waals surface area contributed by atoms with Crippen LogP contribution in [-0.4, -0.2) is 15.0 Å². The van der Waals surface area contributed by atoms with Gasteiger partial charge in [-0.05, 0) is 18.8 Å². The Bertz CT molecular complexity index is 263. The van der Waals surface area contributed by atoms with Crippen molar-refractivity contribution in [3.63, 3.8) is 0 Å². The van der Waals surface area contributed by atoms with Crippen molar-refractivity contribution >= 4 is 0 Å². The third-order valence-corrected chi connectivity index (χ3v) is 2.18. The minimum Gasteiger partial charge on any atom is -0.249 e. The van der Waals surface area contributed by atoms with E-state index in [9.17, 15) is 0 Å². The zero-order chi connectivity index (χ0) is 9.84. The van der Waals surface area contributed by atoms with E-state index in [1.165, 1.54) is 5.69 Å². The Kier molecular flexibility index (Phi) is 3.46. The van der Waals surface area contributed by atoms with Crippen molar-refractivity contribution in [2.75, 3.05) is 0 Å². The highest BCUT2D eigenvalue weighted by Crippen LogP contribution is 2.16. The Morgan fingerprint density at radius 2 is 2.00 bits per heavy atom.